The van der Waals surface area contributed by atoms with Crippen molar-refractivity contribution in [1.29, 1.82) is 0 Å². The number of rotatable bonds is 4. The third-order valence-corrected chi connectivity index (χ3v) is 2.94. The Morgan fingerprint density at radius 2 is 2.15 bits per heavy atom. The SMILES string of the molecule is COc1cccc(C(=O)Cn2cc(Cl)c(=O)[nH]c2=O)c1. The van der Waals surface area contributed by atoms with E-state index in [0.29, 0.717) is 11.3 Å². The van der Waals surface area contributed by atoms with Crippen molar-refractivity contribution >= 4 is 17.4 Å². The summed E-state index contributed by atoms with van der Waals surface area (Å²) in [6.07, 6.45) is 1.14. The third kappa shape index (κ3) is 2.97. The molecule has 1 aromatic carbocycles. The van der Waals surface area contributed by atoms with Crippen molar-refractivity contribution in [3.8, 4) is 5.75 Å². The van der Waals surface area contributed by atoms with Crippen LogP contribution in [0.4, 0.5) is 0 Å². The zero-order valence-electron chi connectivity index (χ0n) is 10.6. The highest BCUT2D eigenvalue weighted by atomic mass is 35.5. The number of halogens is 1. The lowest BCUT2D eigenvalue weighted by Crippen LogP contribution is -2.31. The molecule has 6 nitrogen and oxygen atoms in total. The lowest BCUT2D eigenvalue weighted by atomic mass is 10.1. The number of carbonyl (C=O) groups is 1. The zero-order chi connectivity index (χ0) is 14.7. The van der Waals surface area contributed by atoms with Crippen LogP contribution < -0.4 is 16.0 Å². The summed E-state index contributed by atoms with van der Waals surface area (Å²) in [5, 5.41) is -0.150. The van der Waals surface area contributed by atoms with E-state index < -0.39 is 11.2 Å². The van der Waals surface area contributed by atoms with Crippen LogP contribution in [0.3, 0.4) is 0 Å². The lowest BCUT2D eigenvalue weighted by molar-refractivity contribution is 0.0970. The van der Waals surface area contributed by atoms with E-state index in [1.165, 1.54) is 7.11 Å². The van der Waals surface area contributed by atoms with E-state index in [9.17, 15) is 14.4 Å². The summed E-state index contributed by atoms with van der Waals surface area (Å²) >= 11 is 5.63. The first-order valence-corrected chi connectivity index (χ1v) is 6.05. The van der Waals surface area contributed by atoms with Gasteiger partial charge in [-0.2, -0.15) is 0 Å². The molecule has 0 saturated carbocycles. The number of hydrogen-bond donors (Lipinski definition) is 1. The van der Waals surface area contributed by atoms with E-state index in [0.717, 1.165) is 10.8 Å². The number of benzene rings is 1. The topological polar surface area (TPSA) is 81.2 Å². The monoisotopic (exact) mass is 294 g/mol. The first-order chi connectivity index (χ1) is 9.51. The normalized spacial score (nSPS) is 10.3. The van der Waals surface area contributed by atoms with Crippen LogP contribution in [-0.4, -0.2) is 22.4 Å². The number of ketones is 1. The van der Waals surface area contributed by atoms with Crippen LogP contribution in [0, 0.1) is 0 Å². The van der Waals surface area contributed by atoms with Gasteiger partial charge in [0.15, 0.2) is 5.78 Å². The number of aromatic nitrogens is 2. The van der Waals surface area contributed by atoms with Crippen molar-refractivity contribution in [2.75, 3.05) is 7.11 Å². The maximum absolute atomic E-state index is 12.1. The second-order valence-electron chi connectivity index (χ2n) is 4.02. The van der Waals surface area contributed by atoms with E-state index in [1.807, 2.05) is 4.98 Å². The summed E-state index contributed by atoms with van der Waals surface area (Å²) in [6.45, 7) is -0.220. The molecule has 0 radical (unpaired) electrons. The minimum Gasteiger partial charge on any atom is -0.497 e. The molecule has 0 spiro atoms. The number of H-pyrrole nitrogens is 1. The van der Waals surface area contributed by atoms with E-state index in [4.69, 9.17) is 16.3 Å². The molecule has 0 amide bonds. The summed E-state index contributed by atoms with van der Waals surface area (Å²) in [4.78, 5) is 36.8. The van der Waals surface area contributed by atoms with E-state index in [-0.39, 0.29) is 17.4 Å². The Kier molecular flexibility index (Phi) is 4.05. The number of nitrogens with zero attached hydrogens (tertiary/aromatic N) is 1. The maximum Gasteiger partial charge on any atom is 0.328 e. The van der Waals surface area contributed by atoms with Crippen LogP contribution in [0.25, 0.3) is 0 Å². The summed E-state index contributed by atoms with van der Waals surface area (Å²) < 4.78 is 6.07. The fraction of sp³-hybridized carbons (Fsp3) is 0.154. The Morgan fingerprint density at radius 1 is 1.40 bits per heavy atom. The number of aromatic amines is 1. The van der Waals surface area contributed by atoms with Gasteiger partial charge in [-0.1, -0.05) is 23.7 Å². The van der Waals surface area contributed by atoms with Gasteiger partial charge in [0.25, 0.3) is 5.56 Å². The molecule has 2 aromatic rings. The third-order valence-electron chi connectivity index (χ3n) is 2.67. The molecule has 104 valence electrons. The Bertz CT molecular complexity index is 763. The van der Waals surface area contributed by atoms with Crippen LogP contribution in [-0.2, 0) is 6.54 Å². The molecule has 2 rings (SSSR count). The Morgan fingerprint density at radius 3 is 2.85 bits per heavy atom. The van der Waals surface area contributed by atoms with E-state index >= 15 is 0 Å². The second-order valence-corrected chi connectivity index (χ2v) is 4.43. The van der Waals surface area contributed by atoms with Crippen molar-refractivity contribution in [3.63, 3.8) is 0 Å². The van der Waals surface area contributed by atoms with Gasteiger partial charge in [-0.25, -0.2) is 4.79 Å². The largest absolute Gasteiger partial charge is 0.497 e. The predicted molar refractivity (Wildman–Crippen MR) is 73.7 cm³/mol. The molecule has 0 unspecified atom stereocenters. The molecule has 0 atom stereocenters. The first kappa shape index (κ1) is 14.1. The van der Waals surface area contributed by atoms with Gasteiger partial charge in [0.05, 0.1) is 13.7 Å². The standard InChI is InChI=1S/C13H11ClN2O4/c1-20-9-4-2-3-8(5-9)11(17)7-16-6-10(14)12(18)15-13(16)19/h2-6H,7H2,1H3,(H,15,18,19). The number of hydrogen-bond acceptors (Lipinski definition) is 4. The van der Waals surface area contributed by atoms with Crippen LogP contribution in [0.2, 0.25) is 5.02 Å². The van der Waals surface area contributed by atoms with Gasteiger partial charge < -0.3 is 4.74 Å². The molecular weight excluding hydrogens is 284 g/mol. The Labute approximate surface area is 118 Å². The van der Waals surface area contributed by atoms with Gasteiger partial charge >= 0.3 is 5.69 Å². The maximum atomic E-state index is 12.1. The van der Waals surface area contributed by atoms with Gasteiger partial charge in [-0.3, -0.25) is 19.1 Å². The fourth-order valence-corrected chi connectivity index (χ4v) is 1.81. The van der Waals surface area contributed by atoms with Gasteiger partial charge in [-0.05, 0) is 12.1 Å². The first-order valence-electron chi connectivity index (χ1n) is 5.68. The second kappa shape index (κ2) is 5.75. The molecule has 7 heteroatoms. The van der Waals surface area contributed by atoms with Crippen molar-refractivity contribution in [1.82, 2.24) is 9.55 Å². The van der Waals surface area contributed by atoms with Gasteiger partial charge in [-0.15, -0.1) is 0 Å². The van der Waals surface area contributed by atoms with E-state index in [2.05, 4.69) is 0 Å². The average molecular weight is 295 g/mol. The van der Waals surface area contributed by atoms with Crippen LogP contribution in [0.5, 0.6) is 5.75 Å². The summed E-state index contributed by atoms with van der Waals surface area (Å²) in [5.41, 5.74) is -0.962. The molecule has 0 aliphatic heterocycles. The Balaban J connectivity index is 2.30. The highest BCUT2D eigenvalue weighted by molar-refractivity contribution is 6.30. The van der Waals surface area contributed by atoms with Crippen molar-refractivity contribution < 1.29 is 9.53 Å². The van der Waals surface area contributed by atoms with Gasteiger partial charge in [0.2, 0.25) is 0 Å². The van der Waals surface area contributed by atoms with Gasteiger partial charge in [0.1, 0.15) is 10.8 Å². The Hall–Kier alpha value is -2.34. The minimum absolute atomic E-state index is 0.150. The lowest BCUT2D eigenvalue weighted by Gasteiger charge is -2.06. The van der Waals surface area contributed by atoms with Crippen LogP contribution in [0.15, 0.2) is 40.1 Å². The van der Waals surface area contributed by atoms with Crippen LogP contribution >= 0.6 is 11.6 Å². The summed E-state index contributed by atoms with van der Waals surface area (Å²) in [7, 11) is 1.50. The number of ether oxygens (including phenoxy) is 1. The quantitative estimate of drug-likeness (QED) is 0.856. The molecule has 1 N–H and O–H groups in total. The molecule has 20 heavy (non-hydrogen) atoms. The van der Waals surface area contributed by atoms with Crippen molar-refractivity contribution in [2.45, 2.75) is 6.54 Å². The van der Waals surface area contributed by atoms with Crippen LogP contribution in [0.1, 0.15) is 10.4 Å². The predicted octanol–water partition coefficient (Wildman–Crippen LogP) is 1.08. The molecule has 0 aliphatic rings. The number of nitrogens with one attached hydrogen (secondary N) is 1. The van der Waals surface area contributed by atoms with E-state index in [1.54, 1.807) is 24.3 Å². The smallest absolute Gasteiger partial charge is 0.328 e. The fourth-order valence-electron chi connectivity index (χ4n) is 1.64. The average Bonchev–Trinajstić information content (AvgIpc) is 2.44. The molecule has 0 saturated heterocycles. The van der Waals surface area contributed by atoms with Crippen molar-refractivity contribution in [3.05, 3.63) is 61.9 Å². The minimum atomic E-state index is -0.685. The highest BCUT2D eigenvalue weighted by Crippen LogP contribution is 2.13. The molecule has 1 aromatic heterocycles. The summed E-state index contributed by atoms with van der Waals surface area (Å²) in [6, 6.07) is 6.57. The molecule has 0 aliphatic carbocycles. The summed E-state index contributed by atoms with van der Waals surface area (Å²) in [5.74, 6) is 0.247. The number of carbonyl (C=O) groups excluding carboxylic acids is 1. The number of Topliss-reactive ketones (excluding diaryl/α,β-unsaturated/α-hetero) is 1. The highest BCUT2D eigenvalue weighted by Gasteiger charge is 2.10. The molecule has 0 fully saturated rings. The molecule has 1 heterocycles. The van der Waals surface area contributed by atoms with Crippen molar-refractivity contribution in [2.24, 2.45) is 0 Å². The number of methoxy groups -OCH3 is 1. The van der Waals surface area contributed by atoms with Gasteiger partial charge in [0, 0.05) is 11.8 Å². The zero-order valence-corrected chi connectivity index (χ0v) is 11.3. The molecular formula is C13H11ClN2O4. The molecule has 0 bridgehead atoms.